The minimum absolute atomic E-state index is 0.00551. The second-order valence-corrected chi connectivity index (χ2v) is 2.51. The summed E-state index contributed by atoms with van der Waals surface area (Å²) in [5, 5.41) is 0.00551. The van der Waals surface area contributed by atoms with Crippen molar-refractivity contribution in [3.05, 3.63) is 16.9 Å². The summed E-state index contributed by atoms with van der Waals surface area (Å²) in [6.07, 6.45) is 1.24. The average molecular weight is 202 g/mol. The SMILES string of the molecule is CCOC(=O)c1cnc(N)nc1Cl. The number of nitrogens with two attached hydrogens (primary N) is 1. The van der Waals surface area contributed by atoms with Gasteiger partial charge in [0, 0.05) is 6.20 Å². The molecule has 70 valence electrons. The van der Waals surface area contributed by atoms with E-state index in [-0.39, 0.29) is 23.3 Å². The van der Waals surface area contributed by atoms with Crippen molar-refractivity contribution in [3.63, 3.8) is 0 Å². The molecular weight excluding hydrogens is 194 g/mol. The van der Waals surface area contributed by atoms with Crippen LogP contribution < -0.4 is 5.73 Å². The summed E-state index contributed by atoms with van der Waals surface area (Å²) in [7, 11) is 0. The largest absolute Gasteiger partial charge is 0.462 e. The van der Waals surface area contributed by atoms with E-state index in [0.29, 0.717) is 0 Å². The first-order chi connectivity index (χ1) is 6.15. The van der Waals surface area contributed by atoms with Crippen LogP contribution in [-0.2, 0) is 4.74 Å². The van der Waals surface area contributed by atoms with Crippen LogP contribution in [0.2, 0.25) is 5.15 Å². The molecule has 13 heavy (non-hydrogen) atoms. The minimum atomic E-state index is -0.549. The lowest BCUT2D eigenvalue weighted by atomic mass is 10.3. The van der Waals surface area contributed by atoms with Gasteiger partial charge in [0.15, 0.2) is 0 Å². The molecule has 1 rings (SSSR count). The number of aromatic nitrogens is 2. The van der Waals surface area contributed by atoms with Crippen LogP contribution in [-0.4, -0.2) is 22.5 Å². The van der Waals surface area contributed by atoms with Crippen LogP contribution in [0.1, 0.15) is 17.3 Å². The zero-order valence-electron chi connectivity index (χ0n) is 6.95. The van der Waals surface area contributed by atoms with E-state index in [2.05, 4.69) is 9.97 Å². The van der Waals surface area contributed by atoms with Crippen molar-refractivity contribution < 1.29 is 9.53 Å². The lowest BCUT2D eigenvalue weighted by Gasteiger charge is -2.02. The van der Waals surface area contributed by atoms with Crippen LogP contribution in [0.15, 0.2) is 6.20 Å². The molecule has 0 atom stereocenters. The fourth-order valence-electron chi connectivity index (χ4n) is 0.719. The van der Waals surface area contributed by atoms with Crippen LogP contribution >= 0.6 is 11.6 Å². The number of hydrogen-bond acceptors (Lipinski definition) is 5. The lowest BCUT2D eigenvalue weighted by molar-refractivity contribution is 0.0525. The Balaban J connectivity index is 2.95. The molecule has 0 radical (unpaired) electrons. The molecule has 0 bridgehead atoms. The fourth-order valence-corrected chi connectivity index (χ4v) is 0.932. The van der Waals surface area contributed by atoms with Gasteiger partial charge in [-0.1, -0.05) is 11.6 Å². The van der Waals surface area contributed by atoms with Crippen LogP contribution in [0.4, 0.5) is 5.95 Å². The third-order valence-corrected chi connectivity index (χ3v) is 1.54. The van der Waals surface area contributed by atoms with Crippen LogP contribution in [0.3, 0.4) is 0 Å². The summed E-state index contributed by atoms with van der Waals surface area (Å²) in [5.41, 5.74) is 5.37. The molecule has 0 amide bonds. The number of nitrogens with zero attached hydrogens (tertiary/aromatic N) is 2. The Morgan fingerprint density at radius 1 is 1.77 bits per heavy atom. The van der Waals surface area contributed by atoms with Gasteiger partial charge in [0.05, 0.1) is 6.61 Å². The van der Waals surface area contributed by atoms with E-state index in [4.69, 9.17) is 22.1 Å². The van der Waals surface area contributed by atoms with E-state index in [1.807, 2.05) is 0 Å². The molecule has 1 aromatic heterocycles. The first kappa shape index (κ1) is 9.73. The van der Waals surface area contributed by atoms with Gasteiger partial charge in [0.2, 0.25) is 5.95 Å². The normalized spacial score (nSPS) is 9.69. The van der Waals surface area contributed by atoms with Crippen LogP contribution in [0.5, 0.6) is 0 Å². The highest BCUT2D eigenvalue weighted by molar-refractivity contribution is 6.32. The fraction of sp³-hybridized carbons (Fsp3) is 0.286. The number of carbonyl (C=O) groups is 1. The average Bonchev–Trinajstić information content (AvgIpc) is 2.04. The van der Waals surface area contributed by atoms with Crippen molar-refractivity contribution in [1.82, 2.24) is 9.97 Å². The van der Waals surface area contributed by atoms with E-state index in [1.54, 1.807) is 6.92 Å². The summed E-state index contributed by atoms with van der Waals surface area (Å²) in [6.45, 7) is 1.98. The van der Waals surface area contributed by atoms with Crippen molar-refractivity contribution in [2.24, 2.45) is 0 Å². The van der Waals surface area contributed by atoms with E-state index >= 15 is 0 Å². The first-order valence-corrected chi connectivity index (χ1v) is 3.98. The summed E-state index contributed by atoms with van der Waals surface area (Å²) < 4.78 is 4.70. The van der Waals surface area contributed by atoms with E-state index < -0.39 is 5.97 Å². The number of ether oxygens (including phenoxy) is 1. The summed E-state index contributed by atoms with van der Waals surface area (Å²) in [6, 6.07) is 0. The molecule has 0 saturated heterocycles. The van der Waals surface area contributed by atoms with E-state index in [9.17, 15) is 4.79 Å². The highest BCUT2D eigenvalue weighted by Crippen LogP contribution is 2.13. The van der Waals surface area contributed by atoms with Crippen molar-refractivity contribution in [2.45, 2.75) is 6.92 Å². The highest BCUT2D eigenvalue weighted by atomic mass is 35.5. The van der Waals surface area contributed by atoms with Gasteiger partial charge in [-0.25, -0.2) is 14.8 Å². The summed E-state index contributed by atoms with van der Waals surface area (Å²) in [4.78, 5) is 18.4. The number of esters is 1. The Bertz CT molecular complexity index is 330. The third kappa shape index (κ3) is 2.29. The number of halogens is 1. The van der Waals surface area contributed by atoms with Gasteiger partial charge in [0.25, 0.3) is 0 Å². The van der Waals surface area contributed by atoms with Crippen LogP contribution in [0, 0.1) is 0 Å². The zero-order chi connectivity index (χ0) is 9.84. The number of anilines is 1. The maximum Gasteiger partial charge on any atom is 0.342 e. The summed E-state index contributed by atoms with van der Waals surface area (Å²) in [5.74, 6) is -0.523. The smallest absolute Gasteiger partial charge is 0.342 e. The lowest BCUT2D eigenvalue weighted by Crippen LogP contribution is -2.08. The predicted molar refractivity (Wildman–Crippen MR) is 47.4 cm³/mol. The van der Waals surface area contributed by atoms with E-state index in [0.717, 1.165) is 0 Å². The quantitative estimate of drug-likeness (QED) is 0.568. The Kier molecular flexibility index (Phi) is 3.02. The number of carbonyl (C=O) groups excluding carboxylic acids is 1. The van der Waals surface area contributed by atoms with Crippen molar-refractivity contribution in [1.29, 1.82) is 0 Å². The number of rotatable bonds is 2. The molecule has 6 heteroatoms. The molecule has 0 unspecified atom stereocenters. The molecule has 0 saturated carbocycles. The Labute approximate surface area is 79.9 Å². The van der Waals surface area contributed by atoms with Gasteiger partial charge in [-0.15, -0.1) is 0 Å². The summed E-state index contributed by atoms with van der Waals surface area (Å²) >= 11 is 5.63. The first-order valence-electron chi connectivity index (χ1n) is 3.60. The maximum atomic E-state index is 11.1. The topological polar surface area (TPSA) is 78.1 Å². The Morgan fingerprint density at radius 3 is 3.00 bits per heavy atom. The molecule has 0 aliphatic heterocycles. The minimum Gasteiger partial charge on any atom is -0.462 e. The molecule has 1 heterocycles. The molecular formula is C7H8ClN3O2. The monoisotopic (exact) mass is 201 g/mol. The second kappa shape index (κ2) is 4.04. The molecule has 5 nitrogen and oxygen atoms in total. The standard InChI is InChI=1S/C7H8ClN3O2/c1-2-13-6(12)4-3-10-7(9)11-5(4)8/h3H,2H2,1H3,(H2,9,10,11). The zero-order valence-corrected chi connectivity index (χ0v) is 7.71. The number of hydrogen-bond donors (Lipinski definition) is 1. The van der Waals surface area contributed by atoms with Gasteiger partial charge in [0.1, 0.15) is 10.7 Å². The molecule has 2 N–H and O–H groups in total. The van der Waals surface area contributed by atoms with Gasteiger partial charge >= 0.3 is 5.97 Å². The predicted octanol–water partition coefficient (Wildman–Crippen LogP) is 0.889. The Hall–Kier alpha value is -1.36. The van der Waals surface area contributed by atoms with Crippen molar-refractivity contribution in [2.75, 3.05) is 12.3 Å². The molecule has 0 fully saturated rings. The maximum absolute atomic E-state index is 11.1. The second-order valence-electron chi connectivity index (χ2n) is 2.15. The molecule has 1 aromatic rings. The van der Waals surface area contributed by atoms with E-state index in [1.165, 1.54) is 6.20 Å². The molecule has 0 spiro atoms. The van der Waals surface area contributed by atoms with Gasteiger partial charge in [-0.2, -0.15) is 0 Å². The van der Waals surface area contributed by atoms with Crippen molar-refractivity contribution >= 4 is 23.5 Å². The number of nitrogen functional groups attached to an aromatic ring is 1. The van der Waals surface area contributed by atoms with Crippen LogP contribution in [0.25, 0.3) is 0 Å². The molecule has 0 aromatic carbocycles. The van der Waals surface area contributed by atoms with Gasteiger partial charge in [-0.05, 0) is 6.92 Å². The third-order valence-electron chi connectivity index (χ3n) is 1.26. The van der Waals surface area contributed by atoms with Gasteiger partial charge in [-0.3, -0.25) is 0 Å². The Morgan fingerprint density at radius 2 is 2.46 bits per heavy atom. The van der Waals surface area contributed by atoms with Gasteiger partial charge < -0.3 is 10.5 Å². The van der Waals surface area contributed by atoms with Crippen molar-refractivity contribution in [3.8, 4) is 0 Å². The highest BCUT2D eigenvalue weighted by Gasteiger charge is 2.12. The molecule has 0 aliphatic carbocycles. The molecule has 0 aliphatic rings.